The molecule has 0 aliphatic rings. The first-order valence-electron chi connectivity index (χ1n) is 4.17. The lowest BCUT2D eigenvalue weighted by Gasteiger charge is -2.16. The fourth-order valence-corrected chi connectivity index (χ4v) is 0.980. The second-order valence-electron chi connectivity index (χ2n) is 3.04. The number of aromatic nitrogens is 2. The van der Waals surface area contributed by atoms with Crippen molar-refractivity contribution in [1.29, 1.82) is 0 Å². The number of rotatable bonds is 3. The van der Waals surface area contributed by atoms with Crippen molar-refractivity contribution in [2.75, 3.05) is 11.9 Å². The van der Waals surface area contributed by atoms with Gasteiger partial charge in [0.25, 0.3) is 0 Å². The molecule has 1 N–H and O–H groups in total. The highest BCUT2D eigenvalue weighted by molar-refractivity contribution is 6.32. The normalized spacial score (nSPS) is 13.7. The monoisotopic (exact) mass is 239 g/mol. The van der Waals surface area contributed by atoms with Gasteiger partial charge in [-0.05, 0) is 0 Å². The lowest BCUT2D eigenvalue weighted by atomic mass is 10.2. The van der Waals surface area contributed by atoms with Gasteiger partial charge >= 0.3 is 6.18 Å². The highest BCUT2D eigenvalue weighted by atomic mass is 35.5. The van der Waals surface area contributed by atoms with Crippen LogP contribution in [0.4, 0.5) is 19.0 Å². The number of halogens is 4. The molecule has 0 saturated heterocycles. The van der Waals surface area contributed by atoms with Crippen molar-refractivity contribution in [1.82, 2.24) is 9.97 Å². The quantitative estimate of drug-likeness (QED) is 0.881. The molecule has 7 heteroatoms. The van der Waals surface area contributed by atoms with Crippen molar-refractivity contribution >= 4 is 17.4 Å². The molecule has 15 heavy (non-hydrogen) atoms. The van der Waals surface area contributed by atoms with Crippen LogP contribution in [-0.2, 0) is 0 Å². The van der Waals surface area contributed by atoms with Crippen LogP contribution in [0, 0.1) is 5.92 Å². The van der Waals surface area contributed by atoms with E-state index in [0.29, 0.717) is 0 Å². The summed E-state index contributed by atoms with van der Waals surface area (Å²) in [7, 11) is 0. The first kappa shape index (κ1) is 12.0. The summed E-state index contributed by atoms with van der Waals surface area (Å²) in [6.45, 7) is 0.822. The van der Waals surface area contributed by atoms with Crippen molar-refractivity contribution in [3.05, 3.63) is 17.5 Å². The molecule has 0 radical (unpaired) electrons. The van der Waals surface area contributed by atoms with Crippen molar-refractivity contribution in [3.8, 4) is 0 Å². The minimum absolute atomic E-state index is 0.201. The third-order valence-electron chi connectivity index (χ3n) is 1.80. The van der Waals surface area contributed by atoms with Gasteiger partial charge in [0.1, 0.15) is 17.2 Å². The molecular weight excluding hydrogens is 231 g/mol. The van der Waals surface area contributed by atoms with Crippen LogP contribution in [0.15, 0.2) is 12.5 Å². The number of nitrogens with zero attached hydrogens (tertiary/aromatic N) is 2. The Bertz CT molecular complexity index is 329. The molecule has 1 aromatic rings. The van der Waals surface area contributed by atoms with Gasteiger partial charge in [-0.25, -0.2) is 9.97 Å². The lowest BCUT2D eigenvalue weighted by Crippen LogP contribution is -2.27. The van der Waals surface area contributed by atoms with E-state index in [4.69, 9.17) is 11.6 Å². The maximum Gasteiger partial charge on any atom is 0.393 e. The molecule has 0 amide bonds. The molecule has 84 valence electrons. The van der Waals surface area contributed by atoms with E-state index in [0.717, 1.165) is 6.92 Å². The van der Waals surface area contributed by atoms with E-state index in [1.165, 1.54) is 12.5 Å². The van der Waals surface area contributed by atoms with Gasteiger partial charge < -0.3 is 5.32 Å². The Labute approximate surface area is 89.7 Å². The van der Waals surface area contributed by atoms with Gasteiger partial charge in [-0.15, -0.1) is 0 Å². The molecule has 0 aliphatic carbocycles. The van der Waals surface area contributed by atoms with Crippen LogP contribution in [0.2, 0.25) is 5.02 Å². The average molecular weight is 240 g/mol. The Morgan fingerprint density at radius 1 is 1.53 bits per heavy atom. The summed E-state index contributed by atoms with van der Waals surface area (Å²) < 4.78 is 36.4. The molecule has 0 saturated carbocycles. The lowest BCUT2D eigenvalue weighted by molar-refractivity contribution is -0.165. The van der Waals surface area contributed by atoms with Crippen LogP contribution in [0.3, 0.4) is 0 Å². The molecular formula is C8H9ClF3N3. The largest absolute Gasteiger partial charge is 0.393 e. The molecule has 1 unspecified atom stereocenters. The number of alkyl halides is 3. The van der Waals surface area contributed by atoms with Crippen LogP contribution in [0.1, 0.15) is 6.92 Å². The third kappa shape index (κ3) is 3.54. The first-order chi connectivity index (χ1) is 6.91. The Balaban J connectivity index is 2.55. The molecule has 1 atom stereocenters. The predicted octanol–water partition coefficient (Wildman–Crippen LogP) is 2.74. The predicted molar refractivity (Wildman–Crippen MR) is 50.8 cm³/mol. The van der Waals surface area contributed by atoms with Crippen molar-refractivity contribution < 1.29 is 13.2 Å². The Morgan fingerprint density at radius 3 is 2.73 bits per heavy atom. The van der Waals surface area contributed by atoms with Crippen LogP contribution in [0.5, 0.6) is 0 Å². The minimum atomic E-state index is -4.22. The van der Waals surface area contributed by atoms with E-state index in [-0.39, 0.29) is 17.4 Å². The molecule has 0 aromatic carbocycles. The van der Waals surface area contributed by atoms with E-state index in [1.807, 2.05) is 0 Å². The zero-order valence-electron chi connectivity index (χ0n) is 7.85. The molecule has 1 rings (SSSR count). The summed E-state index contributed by atoms with van der Waals surface area (Å²) in [5.41, 5.74) is 0. The van der Waals surface area contributed by atoms with Crippen LogP contribution in [-0.4, -0.2) is 22.7 Å². The van der Waals surface area contributed by atoms with Gasteiger partial charge in [0, 0.05) is 6.54 Å². The number of anilines is 1. The van der Waals surface area contributed by atoms with Crippen LogP contribution in [0.25, 0.3) is 0 Å². The van der Waals surface area contributed by atoms with Crippen molar-refractivity contribution in [2.24, 2.45) is 5.92 Å². The zero-order valence-corrected chi connectivity index (χ0v) is 8.60. The standard InChI is InChI=1S/C8H9ClF3N3/c1-5(8(10,11)12)2-14-7-6(9)3-13-4-15-7/h3-5H,2H2,1H3,(H,13,14,15). The average Bonchev–Trinajstić information content (AvgIpc) is 2.14. The summed E-state index contributed by atoms with van der Waals surface area (Å²) in [6.07, 6.45) is -1.69. The molecule has 1 aromatic heterocycles. The molecule has 0 fully saturated rings. The van der Waals surface area contributed by atoms with E-state index < -0.39 is 12.1 Å². The summed E-state index contributed by atoms with van der Waals surface area (Å²) in [5, 5.41) is 2.72. The van der Waals surface area contributed by atoms with Gasteiger partial charge in [0.2, 0.25) is 0 Å². The van der Waals surface area contributed by atoms with E-state index in [2.05, 4.69) is 15.3 Å². The number of hydrogen-bond acceptors (Lipinski definition) is 3. The van der Waals surface area contributed by atoms with Crippen LogP contribution < -0.4 is 5.32 Å². The number of hydrogen-bond donors (Lipinski definition) is 1. The van der Waals surface area contributed by atoms with Crippen molar-refractivity contribution in [2.45, 2.75) is 13.1 Å². The summed E-state index contributed by atoms with van der Waals surface area (Å²) >= 11 is 5.65. The Morgan fingerprint density at radius 2 is 2.20 bits per heavy atom. The fourth-order valence-electron chi connectivity index (χ4n) is 0.808. The SMILES string of the molecule is CC(CNc1ncncc1Cl)C(F)(F)F. The van der Waals surface area contributed by atoms with Gasteiger partial charge in [-0.2, -0.15) is 13.2 Å². The maximum atomic E-state index is 12.1. The zero-order chi connectivity index (χ0) is 11.5. The molecule has 3 nitrogen and oxygen atoms in total. The van der Waals surface area contributed by atoms with E-state index in [9.17, 15) is 13.2 Å². The fraction of sp³-hybridized carbons (Fsp3) is 0.500. The topological polar surface area (TPSA) is 37.8 Å². The third-order valence-corrected chi connectivity index (χ3v) is 2.08. The van der Waals surface area contributed by atoms with Crippen molar-refractivity contribution in [3.63, 3.8) is 0 Å². The second kappa shape index (κ2) is 4.65. The Hall–Kier alpha value is -1.04. The molecule has 0 spiro atoms. The number of nitrogens with one attached hydrogen (secondary N) is 1. The maximum absolute atomic E-state index is 12.1. The van der Waals surface area contributed by atoms with E-state index in [1.54, 1.807) is 0 Å². The van der Waals surface area contributed by atoms with Gasteiger partial charge in [-0.3, -0.25) is 0 Å². The second-order valence-corrected chi connectivity index (χ2v) is 3.45. The molecule has 1 heterocycles. The first-order valence-corrected chi connectivity index (χ1v) is 4.55. The Kier molecular flexibility index (Phi) is 3.73. The summed E-state index contributed by atoms with van der Waals surface area (Å²) in [5.74, 6) is -1.24. The van der Waals surface area contributed by atoms with Gasteiger partial charge in [-0.1, -0.05) is 18.5 Å². The van der Waals surface area contributed by atoms with Crippen LogP contribution >= 0.6 is 11.6 Å². The highest BCUT2D eigenvalue weighted by Crippen LogP contribution is 2.26. The highest BCUT2D eigenvalue weighted by Gasteiger charge is 2.35. The summed E-state index contributed by atoms with van der Waals surface area (Å²) in [4.78, 5) is 7.33. The van der Waals surface area contributed by atoms with Gasteiger partial charge in [0.15, 0.2) is 0 Å². The van der Waals surface area contributed by atoms with E-state index >= 15 is 0 Å². The van der Waals surface area contributed by atoms with Gasteiger partial charge in [0.05, 0.1) is 12.1 Å². The minimum Gasteiger partial charge on any atom is -0.368 e. The summed E-state index contributed by atoms with van der Waals surface area (Å²) in [6, 6.07) is 0. The molecule has 0 bridgehead atoms. The smallest absolute Gasteiger partial charge is 0.368 e. The molecule has 0 aliphatic heterocycles.